The highest BCUT2D eigenvalue weighted by Gasteiger charge is 2.28. The molecule has 8 heteroatoms. The normalized spacial score (nSPS) is 12.4. The number of hydrogen-bond acceptors (Lipinski definition) is 3. The summed E-state index contributed by atoms with van der Waals surface area (Å²) >= 11 is 0. The summed E-state index contributed by atoms with van der Waals surface area (Å²) in [5.74, 6) is 0.768. The summed E-state index contributed by atoms with van der Waals surface area (Å²) in [7, 11) is -1.44. The third kappa shape index (κ3) is 7.79. The van der Waals surface area contributed by atoms with Crippen LogP contribution in [0.15, 0.2) is 35.3 Å². The van der Waals surface area contributed by atoms with Crippen molar-refractivity contribution in [1.29, 1.82) is 0 Å². The molecule has 1 aromatic carbocycles. The molecule has 0 atom stereocenters. The summed E-state index contributed by atoms with van der Waals surface area (Å²) in [6, 6.07) is 10.5. The van der Waals surface area contributed by atoms with Crippen LogP contribution >= 0.6 is 24.0 Å². The van der Waals surface area contributed by atoms with Crippen LogP contribution in [0.4, 0.5) is 0 Å². The maximum absolute atomic E-state index is 11.4. The molecule has 0 saturated heterocycles. The van der Waals surface area contributed by atoms with Gasteiger partial charge in [-0.15, -0.1) is 24.0 Å². The Labute approximate surface area is 175 Å². The van der Waals surface area contributed by atoms with Crippen LogP contribution in [0, 0.1) is 0 Å². The number of nitrogens with one attached hydrogen (secondary N) is 3. The molecule has 0 radical (unpaired) electrons. The lowest BCUT2D eigenvalue weighted by atomic mass is 9.76. The summed E-state index contributed by atoms with van der Waals surface area (Å²) < 4.78 is 25.4. The summed E-state index contributed by atoms with van der Waals surface area (Å²) in [6.45, 7) is 7.61. The van der Waals surface area contributed by atoms with E-state index < -0.39 is 10.0 Å². The van der Waals surface area contributed by atoms with E-state index in [-0.39, 0.29) is 35.1 Å². The van der Waals surface area contributed by atoms with Gasteiger partial charge in [-0.25, -0.2) is 13.1 Å². The molecule has 0 amide bonds. The van der Waals surface area contributed by atoms with Gasteiger partial charge in [-0.05, 0) is 25.3 Å². The number of aliphatic imine (C=N–C) groups is 1. The topological polar surface area (TPSA) is 82.6 Å². The molecule has 6 nitrogen and oxygen atoms in total. The lowest BCUT2D eigenvalue weighted by Gasteiger charge is -2.33. The number of halogens is 1. The minimum Gasteiger partial charge on any atom is -0.356 e. The van der Waals surface area contributed by atoms with Gasteiger partial charge in [0.1, 0.15) is 0 Å². The first kappa shape index (κ1) is 25.1. The number of hydrogen-bond donors (Lipinski definition) is 3. The van der Waals surface area contributed by atoms with Crippen molar-refractivity contribution >= 4 is 40.0 Å². The average Bonchev–Trinajstić information content (AvgIpc) is 2.65. The highest BCUT2D eigenvalue weighted by molar-refractivity contribution is 14.0. The highest BCUT2D eigenvalue weighted by atomic mass is 127. The first-order valence-corrected chi connectivity index (χ1v) is 10.6. The second kappa shape index (κ2) is 12.5. The van der Waals surface area contributed by atoms with E-state index in [1.54, 1.807) is 14.0 Å². The van der Waals surface area contributed by atoms with Crippen molar-refractivity contribution < 1.29 is 8.42 Å². The smallest absolute Gasteiger partial charge is 0.211 e. The van der Waals surface area contributed by atoms with Gasteiger partial charge in [0.05, 0.1) is 5.75 Å². The predicted octanol–water partition coefficient (Wildman–Crippen LogP) is 2.47. The summed E-state index contributed by atoms with van der Waals surface area (Å²) in [5.41, 5.74) is 1.36. The molecule has 0 aromatic heterocycles. The maximum Gasteiger partial charge on any atom is 0.211 e. The molecule has 0 unspecified atom stereocenters. The largest absolute Gasteiger partial charge is 0.356 e. The number of benzene rings is 1. The monoisotopic (exact) mass is 496 g/mol. The molecular weight excluding hydrogens is 463 g/mol. The minimum absolute atomic E-state index is 0. The van der Waals surface area contributed by atoms with Gasteiger partial charge in [-0.1, -0.05) is 44.2 Å². The first-order valence-electron chi connectivity index (χ1n) is 8.90. The lowest BCUT2D eigenvalue weighted by molar-refractivity contribution is 0.389. The van der Waals surface area contributed by atoms with E-state index in [1.807, 2.05) is 6.07 Å². The van der Waals surface area contributed by atoms with Crippen LogP contribution in [-0.4, -0.2) is 46.8 Å². The second-order valence-electron chi connectivity index (χ2n) is 6.00. The van der Waals surface area contributed by atoms with Crippen molar-refractivity contribution in [2.45, 2.75) is 39.0 Å². The van der Waals surface area contributed by atoms with Crippen LogP contribution < -0.4 is 15.4 Å². The van der Waals surface area contributed by atoms with Gasteiger partial charge >= 0.3 is 0 Å². The van der Waals surface area contributed by atoms with Gasteiger partial charge in [-0.3, -0.25) is 4.99 Å². The molecule has 150 valence electrons. The van der Waals surface area contributed by atoms with E-state index in [1.165, 1.54) is 5.56 Å². The second-order valence-corrected chi connectivity index (χ2v) is 8.10. The van der Waals surface area contributed by atoms with Crippen LogP contribution in [0.5, 0.6) is 0 Å². The third-order valence-electron chi connectivity index (χ3n) is 4.68. The lowest BCUT2D eigenvalue weighted by Crippen LogP contribution is -2.47. The Bertz CT molecular complexity index is 632. The zero-order valence-electron chi connectivity index (χ0n) is 16.2. The van der Waals surface area contributed by atoms with Crippen LogP contribution in [0.25, 0.3) is 0 Å². The van der Waals surface area contributed by atoms with Gasteiger partial charge < -0.3 is 10.6 Å². The number of sulfonamides is 1. The summed E-state index contributed by atoms with van der Waals surface area (Å²) in [4.78, 5) is 4.22. The highest BCUT2D eigenvalue weighted by Crippen LogP contribution is 2.30. The van der Waals surface area contributed by atoms with Gasteiger partial charge in [-0.2, -0.15) is 0 Å². The molecule has 0 aliphatic carbocycles. The number of rotatable bonds is 10. The number of guanidine groups is 1. The quantitative estimate of drug-likeness (QED) is 0.201. The van der Waals surface area contributed by atoms with Crippen LogP contribution in [0.2, 0.25) is 0 Å². The maximum atomic E-state index is 11.4. The molecule has 0 aliphatic rings. The third-order valence-corrected chi connectivity index (χ3v) is 6.08. The van der Waals surface area contributed by atoms with Crippen molar-refractivity contribution in [3.63, 3.8) is 0 Å². The van der Waals surface area contributed by atoms with E-state index in [2.05, 4.69) is 58.5 Å². The van der Waals surface area contributed by atoms with Crippen molar-refractivity contribution in [2.75, 3.05) is 32.4 Å². The van der Waals surface area contributed by atoms with Gasteiger partial charge in [0.15, 0.2) is 5.96 Å². The van der Waals surface area contributed by atoms with Crippen LogP contribution in [-0.2, 0) is 15.4 Å². The number of nitrogens with zero attached hydrogens (tertiary/aromatic N) is 1. The molecule has 0 bridgehead atoms. The van der Waals surface area contributed by atoms with E-state index >= 15 is 0 Å². The van der Waals surface area contributed by atoms with Gasteiger partial charge in [0, 0.05) is 32.1 Å². The van der Waals surface area contributed by atoms with E-state index in [0.717, 1.165) is 19.4 Å². The average molecular weight is 496 g/mol. The molecule has 0 saturated carbocycles. The zero-order valence-corrected chi connectivity index (χ0v) is 19.4. The molecule has 1 rings (SSSR count). The molecule has 26 heavy (non-hydrogen) atoms. The molecule has 0 aliphatic heterocycles. The van der Waals surface area contributed by atoms with E-state index in [0.29, 0.717) is 19.0 Å². The Kier molecular flexibility index (Phi) is 12.1. The summed E-state index contributed by atoms with van der Waals surface area (Å²) in [5, 5.41) is 6.53. The predicted molar refractivity (Wildman–Crippen MR) is 121 cm³/mol. The standard InChI is InChI=1S/C18H32N4O2S.HI/c1-5-18(6-2,16-11-9-8-10-12-16)15-21-17(19-4)20-13-14-22-25(23,24)7-3;/h8-12,22H,5-7,13-15H2,1-4H3,(H2,19,20,21);1H. The Balaban J connectivity index is 0.00000625. The molecule has 0 spiro atoms. The Morgan fingerprint density at radius 2 is 1.65 bits per heavy atom. The fraction of sp³-hybridized carbons (Fsp3) is 0.611. The fourth-order valence-corrected chi connectivity index (χ4v) is 3.38. The van der Waals surface area contributed by atoms with Crippen molar-refractivity contribution in [3.05, 3.63) is 35.9 Å². The van der Waals surface area contributed by atoms with Gasteiger partial charge in [0.25, 0.3) is 0 Å². The summed E-state index contributed by atoms with van der Waals surface area (Å²) in [6.07, 6.45) is 2.04. The Morgan fingerprint density at radius 1 is 1.04 bits per heavy atom. The fourth-order valence-electron chi connectivity index (χ4n) is 2.77. The SMILES string of the molecule is CCC(CC)(CNC(=NC)NCCNS(=O)(=O)CC)c1ccccc1.I. The van der Waals surface area contributed by atoms with Crippen molar-refractivity contribution in [1.82, 2.24) is 15.4 Å². The van der Waals surface area contributed by atoms with Crippen molar-refractivity contribution in [3.8, 4) is 0 Å². The van der Waals surface area contributed by atoms with Crippen LogP contribution in [0.1, 0.15) is 39.2 Å². The molecular formula is C18H33IN4O2S. The molecule has 0 heterocycles. The zero-order chi connectivity index (χ0) is 18.8. The first-order chi connectivity index (χ1) is 11.9. The Hall–Kier alpha value is -0.870. The molecule has 3 N–H and O–H groups in total. The van der Waals surface area contributed by atoms with Crippen LogP contribution in [0.3, 0.4) is 0 Å². The van der Waals surface area contributed by atoms with E-state index in [9.17, 15) is 8.42 Å². The van der Waals surface area contributed by atoms with E-state index in [4.69, 9.17) is 0 Å². The van der Waals surface area contributed by atoms with Crippen molar-refractivity contribution in [2.24, 2.45) is 4.99 Å². The minimum atomic E-state index is -3.15. The Morgan fingerprint density at radius 3 is 2.15 bits per heavy atom. The molecule has 0 fully saturated rings. The van der Waals surface area contributed by atoms with Gasteiger partial charge in [0.2, 0.25) is 10.0 Å². The molecule has 1 aromatic rings.